The van der Waals surface area contributed by atoms with Gasteiger partial charge in [-0.3, -0.25) is 19.4 Å². The molecule has 10 nitrogen and oxygen atoms in total. The molecule has 1 spiro atoms. The fraction of sp³-hybridized carbons (Fsp3) is 0.522. The van der Waals surface area contributed by atoms with Crippen LogP contribution in [-0.4, -0.2) is 71.7 Å². The average Bonchev–Trinajstić information content (AvgIpc) is 3.19. The van der Waals surface area contributed by atoms with Crippen molar-refractivity contribution in [3.63, 3.8) is 0 Å². The number of H-pyrrole nitrogens is 1. The van der Waals surface area contributed by atoms with Crippen LogP contribution in [0, 0.1) is 0 Å². The molecule has 0 bridgehead atoms. The molecule has 3 aliphatic rings. The van der Waals surface area contributed by atoms with Gasteiger partial charge in [-0.1, -0.05) is 0 Å². The number of anilines is 2. The Morgan fingerprint density at radius 2 is 1.88 bits per heavy atom. The number of hydrogen-bond acceptors (Lipinski definition) is 8. The van der Waals surface area contributed by atoms with Crippen molar-refractivity contribution >= 4 is 24.0 Å². The lowest BCUT2D eigenvalue weighted by molar-refractivity contribution is -0.122. The Bertz CT molecular complexity index is 1070. The van der Waals surface area contributed by atoms with Gasteiger partial charge in [0.15, 0.2) is 5.78 Å². The number of rotatable bonds is 3. The number of nitrogens with zero attached hydrogens (tertiary/aromatic N) is 4. The largest absolute Gasteiger partial charge is 0.483 e. The molecule has 0 aromatic carbocycles. The van der Waals surface area contributed by atoms with Gasteiger partial charge in [-0.05, 0) is 44.7 Å². The zero-order valence-corrected chi connectivity index (χ0v) is 18.7. The van der Waals surface area contributed by atoms with Gasteiger partial charge in [0.05, 0.1) is 18.9 Å². The van der Waals surface area contributed by atoms with Gasteiger partial charge in [0.25, 0.3) is 12.0 Å². The van der Waals surface area contributed by atoms with Crippen LogP contribution in [0.1, 0.15) is 47.8 Å². The number of aromatic nitrogens is 3. The number of morpholine rings is 1. The van der Waals surface area contributed by atoms with Crippen LogP contribution in [0.15, 0.2) is 23.1 Å². The van der Waals surface area contributed by atoms with Crippen molar-refractivity contribution in [1.82, 2.24) is 15.0 Å². The van der Waals surface area contributed by atoms with Gasteiger partial charge in [-0.2, -0.15) is 0 Å². The lowest BCUT2D eigenvalue weighted by Gasteiger charge is -2.40. The van der Waals surface area contributed by atoms with Crippen molar-refractivity contribution < 1.29 is 19.4 Å². The molecule has 2 fully saturated rings. The summed E-state index contributed by atoms with van der Waals surface area (Å²) in [7, 11) is 0. The number of ether oxygens (including phenoxy) is 1. The number of fused-ring (bicyclic) bond motifs is 2. The van der Waals surface area contributed by atoms with Crippen LogP contribution in [-0.2, 0) is 21.4 Å². The van der Waals surface area contributed by atoms with Crippen LogP contribution >= 0.6 is 0 Å². The highest BCUT2D eigenvalue weighted by Crippen LogP contribution is 2.45. The second-order valence-corrected chi connectivity index (χ2v) is 8.65. The van der Waals surface area contributed by atoms with E-state index in [1.807, 2.05) is 6.07 Å². The van der Waals surface area contributed by atoms with Gasteiger partial charge in [0.2, 0.25) is 5.95 Å². The van der Waals surface area contributed by atoms with Crippen LogP contribution in [0.2, 0.25) is 0 Å². The van der Waals surface area contributed by atoms with Gasteiger partial charge < -0.3 is 19.6 Å². The molecule has 4 heterocycles. The Kier molecular flexibility index (Phi) is 6.73. The standard InChI is InChI=1S/C22H27N5O3.CH2O2/c1-15(28)16-3-7-23-18(14-16)26-8-5-22(6-9-26)4-2-17-19(22)24-21(25-20(17)29)27-10-12-30-13-11-27;2-1-3/h3,7,14H,2,4-6,8-13H2,1H3,(H,24,25,29);1H,(H,2,3). The van der Waals surface area contributed by atoms with Crippen molar-refractivity contribution in [3.05, 3.63) is 45.5 Å². The molecular formula is C23H29N5O5. The number of nitrogens with one attached hydrogen (secondary N) is 1. The Labute approximate surface area is 191 Å². The Morgan fingerprint density at radius 3 is 2.55 bits per heavy atom. The molecule has 176 valence electrons. The van der Waals surface area contributed by atoms with E-state index in [2.05, 4.69) is 19.8 Å². The number of carboxylic acid groups (broad SMARTS) is 1. The molecular weight excluding hydrogens is 426 g/mol. The lowest BCUT2D eigenvalue weighted by Crippen LogP contribution is -2.43. The molecule has 0 radical (unpaired) electrons. The normalized spacial score (nSPS) is 18.9. The summed E-state index contributed by atoms with van der Waals surface area (Å²) in [5.41, 5.74) is 2.51. The molecule has 10 heteroatoms. The van der Waals surface area contributed by atoms with E-state index < -0.39 is 0 Å². The average molecular weight is 456 g/mol. The third-order valence-corrected chi connectivity index (χ3v) is 6.87. The van der Waals surface area contributed by atoms with Gasteiger partial charge >= 0.3 is 0 Å². The van der Waals surface area contributed by atoms with Crippen molar-refractivity contribution in [2.75, 3.05) is 49.2 Å². The van der Waals surface area contributed by atoms with E-state index in [4.69, 9.17) is 19.6 Å². The minimum Gasteiger partial charge on any atom is -0.483 e. The second-order valence-electron chi connectivity index (χ2n) is 8.65. The predicted molar refractivity (Wildman–Crippen MR) is 122 cm³/mol. The quantitative estimate of drug-likeness (QED) is 0.521. The van der Waals surface area contributed by atoms with Crippen LogP contribution in [0.5, 0.6) is 0 Å². The summed E-state index contributed by atoms with van der Waals surface area (Å²) < 4.78 is 5.44. The maximum absolute atomic E-state index is 12.8. The minimum atomic E-state index is -0.250. The summed E-state index contributed by atoms with van der Waals surface area (Å²) in [6.45, 7) is 5.83. The maximum Gasteiger partial charge on any atom is 0.290 e. The minimum absolute atomic E-state index is 0.0108. The number of piperidine rings is 1. The van der Waals surface area contributed by atoms with Crippen LogP contribution in [0.4, 0.5) is 11.8 Å². The zero-order chi connectivity index (χ0) is 23.4. The lowest BCUT2D eigenvalue weighted by atomic mass is 9.76. The second kappa shape index (κ2) is 9.70. The first-order valence-corrected chi connectivity index (χ1v) is 11.2. The van der Waals surface area contributed by atoms with Crippen molar-refractivity contribution in [1.29, 1.82) is 0 Å². The van der Waals surface area contributed by atoms with E-state index in [9.17, 15) is 9.59 Å². The summed E-state index contributed by atoms with van der Waals surface area (Å²) in [4.78, 5) is 49.7. The molecule has 2 aromatic rings. The van der Waals surface area contributed by atoms with Gasteiger partial charge in [-0.25, -0.2) is 9.97 Å². The molecule has 0 amide bonds. The molecule has 33 heavy (non-hydrogen) atoms. The van der Waals surface area contributed by atoms with E-state index in [1.54, 1.807) is 19.2 Å². The number of aromatic amines is 1. The zero-order valence-electron chi connectivity index (χ0n) is 18.7. The summed E-state index contributed by atoms with van der Waals surface area (Å²) >= 11 is 0. The van der Waals surface area contributed by atoms with E-state index in [0.29, 0.717) is 24.7 Å². The first-order valence-electron chi connectivity index (χ1n) is 11.2. The number of hydrogen-bond donors (Lipinski definition) is 2. The van der Waals surface area contributed by atoms with Crippen LogP contribution in [0.3, 0.4) is 0 Å². The van der Waals surface area contributed by atoms with Crippen molar-refractivity contribution in [2.24, 2.45) is 0 Å². The maximum atomic E-state index is 12.8. The summed E-state index contributed by atoms with van der Waals surface area (Å²) in [6, 6.07) is 3.64. The van der Waals surface area contributed by atoms with E-state index in [-0.39, 0.29) is 23.2 Å². The summed E-state index contributed by atoms with van der Waals surface area (Å²) in [6.07, 6.45) is 5.34. The molecule has 1 aliphatic carbocycles. The SMILES string of the molecule is CC(=O)c1ccnc(N2CCC3(CCc4c3nc(N3CCOCC3)[nH]c4=O)CC2)c1.O=CO. The highest BCUT2D eigenvalue weighted by atomic mass is 16.5. The molecule has 2 aliphatic heterocycles. The number of carbonyl (C=O) groups excluding carboxylic acids is 1. The van der Waals surface area contributed by atoms with Gasteiger partial charge in [0, 0.05) is 48.9 Å². The van der Waals surface area contributed by atoms with Crippen LogP contribution < -0.4 is 15.4 Å². The Balaban J connectivity index is 0.000000821. The van der Waals surface area contributed by atoms with Crippen LogP contribution in [0.25, 0.3) is 0 Å². The first-order chi connectivity index (χ1) is 16.0. The van der Waals surface area contributed by atoms with Crippen molar-refractivity contribution in [2.45, 2.75) is 38.0 Å². The number of ketones is 1. The molecule has 5 rings (SSSR count). The number of Topliss-reactive ketones (excluding diaryl/α,β-unsaturated/α-hetero) is 1. The third kappa shape index (κ3) is 4.61. The van der Waals surface area contributed by atoms with E-state index >= 15 is 0 Å². The number of carbonyl (C=O) groups is 2. The highest BCUT2D eigenvalue weighted by molar-refractivity contribution is 5.94. The molecule has 2 aromatic heterocycles. The molecule has 0 saturated carbocycles. The Hall–Kier alpha value is -3.27. The topological polar surface area (TPSA) is 129 Å². The molecule has 2 saturated heterocycles. The van der Waals surface area contributed by atoms with Gasteiger partial charge in [0.1, 0.15) is 5.82 Å². The number of pyridine rings is 1. The highest BCUT2D eigenvalue weighted by Gasteiger charge is 2.44. The third-order valence-electron chi connectivity index (χ3n) is 6.87. The molecule has 2 N–H and O–H groups in total. The van der Waals surface area contributed by atoms with E-state index in [0.717, 1.165) is 68.9 Å². The van der Waals surface area contributed by atoms with Crippen molar-refractivity contribution in [3.8, 4) is 0 Å². The first kappa shape index (κ1) is 22.9. The molecule has 0 atom stereocenters. The van der Waals surface area contributed by atoms with Gasteiger partial charge in [-0.15, -0.1) is 0 Å². The monoisotopic (exact) mass is 455 g/mol. The predicted octanol–water partition coefficient (Wildman–Crippen LogP) is 1.39. The summed E-state index contributed by atoms with van der Waals surface area (Å²) in [5.74, 6) is 1.58. The smallest absolute Gasteiger partial charge is 0.290 e. The fourth-order valence-corrected chi connectivity index (χ4v) is 5.03. The fourth-order valence-electron chi connectivity index (χ4n) is 5.03. The Morgan fingerprint density at radius 1 is 1.18 bits per heavy atom. The molecule has 0 unspecified atom stereocenters. The van der Waals surface area contributed by atoms with E-state index in [1.165, 1.54) is 0 Å². The summed E-state index contributed by atoms with van der Waals surface area (Å²) in [5, 5.41) is 6.89.